The lowest BCUT2D eigenvalue weighted by Gasteiger charge is -2.37. The van der Waals surface area contributed by atoms with Crippen LogP contribution in [-0.4, -0.2) is 56.9 Å². The summed E-state index contributed by atoms with van der Waals surface area (Å²) >= 11 is 2.31. The van der Waals surface area contributed by atoms with Crippen molar-refractivity contribution >= 4 is 28.7 Å². The molecule has 2 rings (SSSR count). The van der Waals surface area contributed by atoms with Crippen LogP contribution in [0.4, 0.5) is 8.78 Å². The molecule has 4 nitrogen and oxygen atoms in total. The van der Waals surface area contributed by atoms with E-state index in [-0.39, 0.29) is 4.58 Å². The molecule has 0 spiro atoms. The Morgan fingerprint density at radius 3 is 2.62 bits per heavy atom. The van der Waals surface area contributed by atoms with Crippen molar-refractivity contribution < 1.29 is 19.0 Å². The molecule has 0 bridgehead atoms. The van der Waals surface area contributed by atoms with E-state index >= 15 is 0 Å². The zero-order chi connectivity index (χ0) is 11.9. The van der Waals surface area contributed by atoms with Crippen molar-refractivity contribution in [1.29, 1.82) is 0 Å². The number of halogens is 2. The maximum atomic E-state index is 12.6. The molecule has 1 fully saturated rings. The zero-order valence-corrected chi connectivity index (χ0v) is 10.0. The monoisotopic (exact) mass is 270 g/mol. The first-order valence-corrected chi connectivity index (χ1v) is 6.58. The van der Waals surface area contributed by atoms with Gasteiger partial charge in [0.15, 0.2) is 5.17 Å². The molecule has 0 aromatic heterocycles. The molecule has 92 valence electrons. The Morgan fingerprint density at radius 2 is 2.06 bits per heavy atom. The van der Waals surface area contributed by atoms with Crippen LogP contribution in [0.3, 0.4) is 0 Å². The molecule has 0 saturated carbocycles. The minimum Gasteiger partial charge on any atom is -0.389 e. The van der Waals surface area contributed by atoms with Gasteiger partial charge in [-0.3, -0.25) is 4.99 Å². The number of rotatable bonds is 1. The van der Waals surface area contributed by atoms with Gasteiger partial charge in [0.2, 0.25) is 0 Å². The summed E-state index contributed by atoms with van der Waals surface area (Å²) in [6, 6.07) is -0.512. The van der Waals surface area contributed by atoms with Crippen LogP contribution in [0, 0.1) is 0 Å². The molecule has 0 unspecified atom stereocenters. The van der Waals surface area contributed by atoms with Crippen molar-refractivity contribution in [2.24, 2.45) is 4.99 Å². The number of aliphatic hydroxyl groups excluding tert-OH is 2. The highest BCUT2D eigenvalue weighted by atomic mass is 32.2. The number of amidine groups is 1. The summed E-state index contributed by atoms with van der Waals surface area (Å²) in [6.07, 6.45) is -5.29. The molecular formula is C8H12F2N2O2S2. The molecule has 5 atom stereocenters. The van der Waals surface area contributed by atoms with Crippen molar-refractivity contribution in [1.82, 2.24) is 5.32 Å². The molecule has 0 aliphatic carbocycles. The van der Waals surface area contributed by atoms with Crippen LogP contribution in [0.15, 0.2) is 4.99 Å². The van der Waals surface area contributed by atoms with Gasteiger partial charge in [0.05, 0.1) is 15.9 Å². The third-order valence-corrected chi connectivity index (χ3v) is 5.57. The van der Waals surface area contributed by atoms with Crippen molar-refractivity contribution in [3.05, 3.63) is 0 Å². The summed E-state index contributed by atoms with van der Waals surface area (Å²) in [5.41, 5.74) is 0. The molecular weight excluding hydrogens is 258 g/mol. The second kappa shape index (κ2) is 4.67. The van der Waals surface area contributed by atoms with Crippen molar-refractivity contribution in [3.8, 4) is 0 Å². The van der Waals surface area contributed by atoms with Crippen LogP contribution < -0.4 is 5.32 Å². The maximum absolute atomic E-state index is 12.6. The molecule has 0 amide bonds. The van der Waals surface area contributed by atoms with Crippen molar-refractivity contribution in [2.75, 3.05) is 7.05 Å². The molecule has 8 heteroatoms. The molecule has 0 radical (unpaired) electrons. The van der Waals surface area contributed by atoms with Crippen molar-refractivity contribution in [2.45, 2.75) is 34.5 Å². The van der Waals surface area contributed by atoms with E-state index in [0.29, 0.717) is 5.17 Å². The van der Waals surface area contributed by atoms with E-state index in [0.717, 1.165) is 11.8 Å². The fraction of sp³-hybridized carbons (Fsp3) is 0.875. The Hall–Kier alpha value is -0.0500. The smallest absolute Gasteiger partial charge is 0.252 e. The number of fused-ring (bicyclic) bond motifs is 1. The number of nitrogens with zero attached hydrogens (tertiary/aromatic N) is 1. The first-order valence-electron chi connectivity index (χ1n) is 4.76. The minimum atomic E-state index is -2.64. The third kappa shape index (κ3) is 2.03. The Bertz CT molecular complexity index is 306. The lowest BCUT2D eigenvalue weighted by molar-refractivity contribution is -0.0271. The highest BCUT2D eigenvalue weighted by Crippen LogP contribution is 2.45. The molecule has 0 aromatic rings. The zero-order valence-electron chi connectivity index (χ0n) is 8.38. The first-order chi connectivity index (χ1) is 7.54. The van der Waals surface area contributed by atoms with E-state index < -0.39 is 29.9 Å². The predicted molar refractivity (Wildman–Crippen MR) is 61.1 cm³/mol. The standard InChI is InChI=1S/C8H12F2N2O2S2/c1-11-8-12-2-3(13)4(14)5(6(9)10)15-7(2)16-8/h2-7,13-14H,1H3,(H,11,12)/t2-,3-,4+,5+,7-/m1/s1. The summed E-state index contributed by atoms with van der Waals surface area (Å²) in [5.74, 6) is 0. The SMILES string of the molecule is CNC1=N[C@H]2[C@@H](S1)S[C@H](C(F)F)[C@@H](O)[C@@H]2O. The Labute approximate surface area is 99.9 Å². The minimum absolute atomic E-state index is 0.250. The number of aliphatic hydroxyl groups is 2. The second-order valence-electron chi connectivity index (χ2n) is 3.58. The van der Waals surface area contributed by atoms with Gasteiger partial charge in [-0.1, -0.05) is 11.8 Å². The van der Waals surface area contributed by atoms with Gasteiger partial charge >= 0.3 is 0 Å². The lowest BCUT2D eigenvalue weighted by Crippen LogP contribution is -2.52. The first kappa shape index (κ1) is 12.4. The topological polar surface area (TPSA) is 64.9 Å². The van der Waals surface area contributed by atoms with Gasteiger partial charge in [0.25, 0.3) is 6.43 Å². The van der Waals surface area contributed by atoms with Crippen LogP contribution in [0.2, 0.25) is 0 Å². The van der Waals surface area contributed by atoms with Crippen LogP contribution in [-0.2, 0) is 0 Å². The van der Waals surface area contributed by atoms with E-state index in [1.165, 1.54) is 11.8 Å². The third-order valence-electron chi connectivity index (χ3n) is 2.56. The predicted octanol–water partition coefficient (Wildman–Crippen LogP) is 0.106. The quantitative estimate of drug-likeness (QED) is 0.631. The van der Waals surface area contributed by atoms with Gasteiger partial charge < -0.3 is 15.5 Å². The molecule has 2 aliphatic heterocycles. The average molecular weight is 270 g/mol. The van der Waals surface area contributed by atoms with Crippen LogP contribution in [0.1, 0.15) is 0 Å². The highest BCUT2D eigenvalue weighted by Gasteiger charge is 2.50. The fourth-order valence-corrected chi connectivity index (χ4v) is 4.61. The molecule has 2 aliphatic rings. The number of nitrogens with one attached hydrogen (secondary N) is 1. The highest BCUT2D eigenvalue weighted by molar-refractivity contribution is 8.25. The average Bonchev–Trinajstić information content (AvgIpc) is 2.66. The molecule has 2 heterocycles. The molecule has 3 N–H and O–H groups in total. The van der Waals surface area contributed by atoms with E-state index in [1.807, 2.05) is 0 Å². The lowest BCUT2D eigenvalue weighted by atomic mass is 10.0. The Balaban J connectivity index is 2.14. The van der Waals surface area contributed by atoms with E-state index in [1.54, 1.807) is 7.05 Å². The van der Waals surface area contributed by atoms with Crippen molar-refractivity contribution in [3.63, 3.8) is 0 Å². The number of hydrogen-bond acceptors (Lipinski definition) is 6. The summed E-state index contributed by atoms with van der Waals surface area (Å²) in [6.45, 7) is 0. The number of hydrogen-bond donors (Lipinski definition) is 3. The van der Waals surface area contributed by atoms with Crippen LogP contribution in [0.5, 0.6) is 0 Å². The number of aliphatic imine (C=N–C) groups is 1. The normalized spacial score (nSPS) is 43.1. The summed E-state index contributed by atoms with van der Waals surface area (Å²) in [4.78, 5) is 4.15. The summed E-state index contributed by atoms with van der Waals surface area (Å²) in [5, 5.41) is 21.5. The van der Waals surface area contributed by atoms with Gasteiger partial charge in [-0.15, -0.1) is 11.8 Å². The van der Waals surface area contributed by atoms with E-state index in [4.69, 9.17) is 0 Å². The van der Waals surface area contributed by atoms with Gasteiger partial charge in [-0.05, 0) is 0 Å². The van der Waals surface area contributed by atoms with Crippen LogP contribution in [0.25, 0.3) is 0 Å². The van der Waals surface area contributed by atoms with Gasteiger partial charge in [-0.2, -0.15) is 0 Å². The Morgan fingerprint density at radius 1 is 1.38 bits per heavy atom. The number of alkyl halides is 2. The maximum Gasteiger partial charge on any atom is 0.252 e. The second-order valence-corrected chi connectivity index (χ2v) is 6.33. The van der Waals surface area contributed by atoms with E-state index in [2.05, 4.69) is 10.3 Å². The van der Waals surface area contributed by atoms with Gasteiger partial charge in [0, 0.05) is 7.05 Å². The van der Waals surface area contributed by atoms with Crippen LogP contribution >= 0.6 is 23.5 Å². The number of thioether (sulfide) groups is 2. The summed E-state index contributed by atoms with van der Waals surface area (Å²) in [7, 11) is 1.68. The largest absolute Gasteiger partial charge is 0.389 e. The Kier molecular flexibility index (Phi) is 3.62. The molecule has 0 aromatic carbocycles. The van der Waals surface area contributed by atoms with E-state index in [9.17, 15) is 19.0 Å². The fourth-order valence-electron chi connectivity index (χ4n) is 1.72. The molecule has 16 heavy (non-hydrogen) atoms. The van der Waals surface area contributed by atoms with Gasteiger partial charge in [0.1, 0.15) is 12.1 Å². The molecule has 1 saturated heterocycles. The summed E-state index contributed by atoms with van der Waals surface area (Å²) < 4.78 is 25.0. The van der Waals surface area contributed by atoms with Gasteiger partial charge in [-0.25, -0.2) is 8.78 Å².